The molecule has 0 fully saturated rings. The fourth-order valence-corrected chi connectivity index (χ4v) is 0. The first kappa shape index (κ1) is 23.0. The molecule has 0 saturated heterocycles. The van der Waals surface area contributed by atoms with Gasteiger partial charge < -0.3 is 5.73 Å². The van der Waals surface area contributed by atoms with E-state index in [1.165, 1.54) is 0 Å². The van der Waals surface area contributed by atoms with Crippen LogP contribution in [0.4, 0.5) is 27.3 Å². The van der Waals surface area contributed by atoms with Crippen molar-refractivity contribution in [3.05, 3.63) is 0 Å². The van der Waals surface area contributed by atoms with E-state index >= 15 is 0 Å². The normalized spacial score (nSPS) is 7.90. The van der Waals surface area contributed by atoms with Crippen LogP contribution in [0, 0.1) is 5.41 Å². The summed E-state index contributed by atoms with van der Waals surface area (Å²) in [5.74, 6) is -1.76. The van der Waals surface area contributed by atoms with Gasteiger partial charge in [0.05, 0.1) is 0 Å². The van der Waals surface area contributed by atoms with E-state index in [9.17, 15) is 13.2 Å². The van der Waals surface area contributed by atoms with Crippen LogP contribution in [0.2, 0.25) is 0 Å². The smallest absolute Gasteiger partial charge is 0.380 e. The van der Waals surface area contributed by atoms with Crippen LogP contribution in [0.25, 0.3) is 0 Å². The van der Waals surface area contributed by atoms with Crippen molar-refractivity contribution in [3.8, 4) is 0 Å². The molecular formula is C2H6F6N2. The third-order valence-electron chi connectivity index (χ3n) is 0.305. The van der Waals surface area contributed by atoms with Crippen molar-refractivity contribution >= 4 is 5.84 Å². The highest BCUT2D eigenvalue weighted by Gasteiger charge is 2.31. The summed E-state index contributed by atoms with van der Waals surface area (Å²) in [7, 11) is 0. The molecular weight excluding hydrogens is 166 g/mol. The Balaban J connectivity index is -0.0000000600. The van der Waals surface area contributed by atoms with Crippen molar-refractivity contribution in [2.24, 2.45) is 5.73 Å². The van der Waals surface area contributed by atoms with Crippen molar-refractivity contribution in [1.29, 1.82) is 5.41 Å². The Kier molecular flexibility index (Phi) is 14.2. The van der Waals surface area contributed by atoms with Gasteiger partial charge in [-0.05, 0) is 0 Å². The third kappa shape index (κ3) is 10.1. The zero-order chi connectivity index (χ0) is 6.08. The Morgan fingerprint density at radius 3 is 1.20 bits per heavy atom. The summed E-state index contributed by atoms with van der Waals surface area (Å²) in [5.41, 5.74) is 4.03. The van der Waals surface area contributed by atoms with Crippen LogP contribution in [0.15, 0.2) is 0 Å². The number of hydrogen-bond donors (Lipinski definition) is 2. The fraction of sp³-hybridized carbons (Fsp3) is 0.500. The second-order valence-electron chi connectivity index (χ2n) is 0.911. The minimum atomic E-state index is -4.64. The van der Waals surface area contributed by atoms with Gasteiger partial charge in [-0.3, -0.25) is 19.5 Å². The van der Waals surface area contributed by atoms with Gasteiger partial charge >= 0.3 is 6.18 Å². The van der Waals surface area contributed by atoms with E-state index in [1.807, 2.05) is 0 Å². The average molecular weight is 172 g/mol. The van der Waals surface area contributed by atoms with Crippen LogP contribution in [0.3, 0.4) is 0 Å². The number of nitrogens with two attached hydrogens (primary N) is 1. The number of halogens is 6. The van der Waals surface area contributed by atoms with Gasteiger partial charge in [0.15, 0.2) is 5.84 Å². The van der Waals surface area contributed by atoms with Crippen molar-refractivity contribution in [1.82, 2.24) is 0 Å². The molecule has 0 heterocycles. The van der Waals surface area contributed by atoms with E-state index in [0.29, 0.717) is 0 Å². The molecule has 10 heavy (non-hydrogen) atoms. The highest BCUT2D eigenvalue weighted by molar-refractivity contribution is 5.82. The molecule has 3 N–H and O–H groups in total. The maximum atomic E-state index is 10.8. The lowest BCUT2D eigenvalue weighted by Crippen LogP contribution is -2.29. The average Bonchev–Trinajstić information content (AvgIpc) is 1.31. The summed E-state index contributed by atoms with van der Waals surface area (Å²) in [6, 6.07) is 0. The minimum absolute atomic E-state index is 0. The summed E-state index contributed by atoms with van der Waals surface area (Å²) < 4.78 is 32.5. The van der Waals surface area contributed by atoms with Crippen molar-refractivity contribution in [3.63, 3.8) is 0 Å². The first-order valence-corrected chi connectivity index (χ1v) is 1.36. The molecule has 0 aliphatic rings. The Morgan fingerprint density at radius 1 is 1.10 bits per heavy atom. The minimum Gasteiger partial charge on any atom is -0.380 e. The lowest BCUT2D eigenvalue weighted by Gasteiger charge is -1.98. The molecule has 0 atom stereocenters. The molecule has 0 aromatic carbocycles. The van der Waals surface area contributed by atoms with Gasteiger partial charge in [0.25, 0.3) is 0 Å². The summed E-state index contributed by atoms with van der Waals surface area (Å²) >= 11 is 0. The molecule has 0 aliphatic carbocycles. The van der Waals surface area contributed by atoms with E-state index in [0.717, 1.165) is 0 Å². The van der Waals surface area contributed by atoms with E-state index < -0.39 is 12.0 Å². The summed E-state index contributed by atoms with van der Waals surface area (Å²) in [4.78, 5) is 0. The van der Waals surface area contributed by atoms with Crippen LogP contribution in [-0.4, -0.2) is 12.0 Å². The number of amidine groups is 1. The molecule has 0 rings (SSSR count). The van der Waals surface area contributed by atoms with Crippen LogP contribution >= 0.6 is 0 Å². The molecule has 0 aromatic heterocycles. The SMILES string of the molecule is F.F.F.N=C(N)C(F)(F)F. The van der Waals surface area contributed by atoms with E-state index in [-0.39, 0.29) is 14.1 Å². The van der Waals surface area contributed by atoms with Crippen molar-refractivity contribution in [2.45, 2.75) is 6.18 Å². The standard InChI is InChI=1S/C2H3F3N2.3FH/c3-2(4,5)1(6)7;;;/h(H3,6,7);3*1H. The molecule has 8 heteroatoms. The summed E-state index contributed by atoms with van der Waals surface area (Å²) in [5, 5.41) is 5.80. The molecule has 0 spiro atoms. The fourth-order valence-electron chi connectivity index (χ4n) is 0. The van der Waals surface area contributed by atoms with E-state index in [4.69, 9.17) is 5.41 Å². The Labute approximate surface area is 51.8 Å². The quantitative estimate of drug-likeness (QED) is 0.319. The Morgan fingerprint density at radius 2 is 1.20 bits per heavy atom. The molecule has 0 saturated carbocycles. The first-order valence-electron chi connectivity index (χ1n) is 1.36. The topological polar surface area (TPSA) is 49.9 Å². The Bertz CT molecular complexity index is 86.2. The van der Waals surface area contributed by atoms with Crippen LogP contribution in [-0.2, 0) is 0 Å². The van der Waals surface area contributed by atoms with Crippen LogP contribution < -0.4 is 5.73 Å². The number of hydrogen-bond acceptors (Lipinski definition) is 1. The van der Waals surface area contributed by atoms with Gasteiger partial charge in [0.1, 0.15) is 0 Å². The summed E-state index contributed by atoms with van der Waals surface area (Å²) in [6.07, 6.45) is -4.64. The van der Waals surface area contributed by atoms with Gasteiger partial charge in [-0.1, -0.05) is 0 Å². The monoisotopic (exact) mass is 172 g/mol. The largest absolute Gasteiger partial charge is 0.448 e. The van der Waals surface area contributed by atoms with Gasteiger partial charge in [-0.25, -0.2) is 0 Å². The molecule has 2 nitrogen and oxygen atoms in total. The number of nitrogens with one attached hydrogen (secondary N) is 1. The first-order chi connectivity index (χ1) is 2.94. The zero-order valence-corrected chi connectivity index (χ0v) is 4.44. The predicted octanol–water partition coefficient (Wildman–Crippen LogP) is 0.942. The predicted molar refractivity (Wildman–Crippen MR) is 25.5 cm³/mol. The van der Waals surface area contributed by atoms with Crippen LogP contribution in [0.1, 0.15) is 0 Å². The molecule has 0 radical (unpaired) electrons. The van der Waals surface area contributed by atoms with Gasteiger partial charge in [-0.2, -0.15) is 13.2 Å². The van der Waals surface area contributed by atoms with E-state index in [2.05, 4.69) is 5.73 Å². The van der Waals surface area contributed by atoms with E-state index in [1.54, 1.807) is 0 Å². The highest BCUT2D eigenvalue weighted by atomic mass is 19.4. The third-order valence-corrected chi connectivity index (χ3v) is 0.305. The Hall–Kier alpha value is -0.950. The molecule has 0 amide bonds. The maximum Gasteiger partial charge on any atom is 0.448 e. The molecule has 66 valence electrons. The second-order valence-corrected chi connectivity index (χ2v) is 0.911. The summed E-state index contributed by atoms with van der Waals surface area (Å²) in [6.45, 7) is 0. The number of alkyl halides is 3. The maximum absolute atomic E-state index is 10.8. The van der Waals surface area contributed by atoms with Gasteiger partial charge in [0.2, 0.25) is 0 Å². The lowest BCUT2D eigenvalue weighted by molar-refractivity contribution is -0.0606. The molecule has 0 aromatic rings. The van der Waals surface area contributed by atoms with Crippen molar-refractivity contribution < 1.29 is 27.3 Å². The number of rotatable bonds is 0. The van der Waals surface area contributed by atoms with Crippen LogP contribution in [0.5, 0.6) is 0 Å². The highest BCUT2D eigenvalue weighted by Crippen LogP contribution is 2.12. The van der Waals surface area contributed by atoms with Gasteiger partial charge in [-0.15, -0.1) is 0 Å². The molecule has 0 aliphatic heterocycles. The van der Waals surface area contributed by atoms with Gasteiger partial charge in [0, 0.05) is 0 Å². The zero-order valence-electron chi connectivity index (χ0n) is 4.44. The molecule has 0 bridgehead atoms. The second kappa shape index (κ2) is 6.17. The molecule has 0 unspecified atom stereocenters. The van der Waals surface area contributed by atoms with Crippen molar-refractivity contribution in [2.75, 3.05) is 0 Å². The lowest BCUT2D eigenvalue weighted by atomic mass is 10.6.